The summed E-state index contributed by atoms with van der Waals surface area (Å²) in [5.41, 5.74) is 2.34. The Morgan fingerprint density at radius 3 is 2.72 bits per heavy atom. The van der Waals surface area contributed by atoms with Gasteiger partial charge in [-0.2, -0.15) is 0 Å². The molecule has 0 bridgehead atoms. The van der Waals surface area contributed by atoms with Gasteiger partial charge in [-0.3, -0.25) is 4.79 Å². The number of aromatic nitrogens is 3. The fourth-order valence-corrected chi connectivity index (χ4v) is 4.24. The Bertz CT molecular complexity index is 1120. The molecule has 4 rings (SSSR count). The first-order valence-corrected chi connectivity index (χ1v) is 10.7. The average Bonchev–Trinajstić information content (AvgIpc) is 3.39. The van der Waals surface area contributed by atoms with E-state index in [9.17, 15) is 9.18 Å². The molecule has 0 aliphatic heterocycles. The lowest BCUT2D eigenvalue weighted by molar-refractivity contribution is 0.102. The van der Waals surface area contributed by atoms with Crippen LogP contribution < -0.4 is 5.32 Å². The average molecular weight is 425 g/mol. The molecule has 0 aliphatic rings. The Kier molecular flexibility index (Phi) is 5.73. The highest BCUT2D eigenvalue weighted by Gasteiger charge is 2.10. The summed E-state index contributed by atoms with van der Waals surface area (Å²) < 4.78 is 15.9. The summed E-state index contributed by atoms with van der Waals surface area (Å²) >= 11 is 3.31. The molecular weight excluding hydrogens is 407 g/mol. The minimum Gasteiger partial charge on any atom is -0.322 e. The second kappa shape index (κ2) is 8.59. The van der Waals surface area contributed by atoms with E-state index in [1.54, 1.807) is 64.3 Å². The van der Waals surface area contributed by atoms with Gasteiger partial charge in [-0.05, 0) is 49.4 Å². The van der Waals surface area contributed by atoms with Gasteiger partial charge in [-0.15, -0.1) is 23.1 Å². The van der Waals surface area contributed by atoms with Gasteiger partial charge in [0.05, 0.1) is 22.7 Å². The van der Waals surface area contributed by atoms with Crippen LogP contribution in [0, 0.1) is 12.7 Å². The molecule has 0 atom stereocenters. The van der Waals surface area contributed by atoms with Crippen LogP contribution >= 0.6 is 23.1 Å². The highest BCUT2D eigenvalue weighted by atomic mass is 32.2. The lowest BCUT2D eigenvalue weighted by Gasteiger charge is -2.09. The third-order valence-electron chi connectivity index (χ3n) is 4.16. The highest BCUT2D eigenvalue weighted by molar-refractivity contribution is 7.98. The third kappa shape index (κ3) is 4.72. The quantitative estimate of drug-likeness (QED) is 0.426. The zero-order valence-electron chi connectivity index (χ0n) is 15.5. The third-order valence-corrected chi connectivity index (χ3v) is 6.03. The normalized spacial score (nSPS) is 10.8. The monoisotopic (exact) mass is 424 g/mol. The van der Waals surface area contributed by atoms with Crippen molar-refractivity contribution in [3.63, 3.8) is 0 Å². The number of nitrogens with one attached hydrogen (secondary N) is 1. The van der Waals surface area contributed by atoms with Crippen LogP contribution in [-0.2, 0) is 5.75 Å². The van der Waals surface area contributed by atoms with Crippen molar-refractivity contribution in [1.29, 1.82) is 0 Å². The van der Waals surface area contributed by atoms with Crippen molar-refractivity contribution in [1.82, 2.24) is 14.5 Å². The van der Waals surface area contributed by atoms with E-state index in [1.807, 2.05) is 19.1 Å². The molecule has 0 fully saturated rings. The molecule has 0 spiro atoms. The van der Waals surface area contributed by atoms with Gasteiger partial charge in [-0.25, -0.2) is 14.4 Å². The standard InChI is InChI=1S/C21H17FN4OS2/c1-14-24-17(11-28-14)12-29-18-5-2-15(3-6-18)21(27)25-16-4-7-20(19(22)10-16)26-9-8-23-13-26/h2-11,13H,12H2,1H3,(H,25,27). The van der Waals surface area contributed by atoms with E-state index >= 15 is 0 Å². The van der Waals surface area contributed by atoms with Crippen molar-refractivity contribution in [3.05, 3.63) is 88.6 Å². The number of thioether (sulfide) groups is 1. The predicted octanol–water partition coefficient (Wildman–Crippen LogP) is 5.32. The summed E-state index contributed by atoms with van der Waals surface area (Å²) in [6.45, 7) is 1.99. The first-order valence-electron chi connectivity index (χ1n) is 8.81. The van der Waals surface area contributed by atoms with E-state index in [4.69, 9.17) is 0 Å². The Labute approximate surface area is 175 Å². The molecule has 2 heterocycles. The maximum absolute atomic E-state index is 14.3. The lowest BCUT2D eigenvalue weighted by atomic mass is 10.2. The van der Waals surface area contributed by atoms with Gasteiger partial charge in [0.25, 0.3) is 5.91 Å². The number of thiazole rings is 1. The van der Waals surface area contributed by atoms with Crippen LogP contribution in [0.3, 0.4) is 0 Å². The summed E-state index contributed by atoms with van der Waals surface area (Å²) in [6.07, 6.45) is 4.76. The van der Waals surface area contributed by atoms with Gasteiger partial charge < -0.3 is 9.88 Å². The van der Waals surface area contributed by atoms with Gasteiger partial charge in [0.2, 0.25) is 0 Å². The topological polar surface area (TPSA) is 59.8 Å². The number of halogens is 1. The van der Waals surface area contributed by atoms with Crippen LogP contribution in [0.15, 0.2) is 71.5 Å². The van der Waals surface area contributed by atoms with Gasteiger partial charge in [0.1, 0.15) is 5.82 Å². The molecule has 5 nitrogen and oxygen atoms in total. The van der Waals surface area contributed by atoms with Gasteiger partial charge in [0, 0.05) is 39.7 Å². The van der Waals surface area contributed by atoms with E-state index in [0.29, 0.717) is 16.9 Å². The molecule has 1 N–H and O–H groups in total. The SMILES string of the molecule is Cc1nc(CSc2ccc(C(=O)Nc3ccc(-n4ccnc4)c(F)c3)cc2)cs1. The number of rotatable bonds is 6. The molecule has 4 aromatic rings. The summed E-state index contributed by atoms with van der Waals surface area (Å²) in [5.74, 6) is 0.0644. The van der Waals surface area contributed by atoms with Crippen molar-refractivity contribution >= 4 is 34.7 Å². The van der Waals surface area contributed by atoms with Crippen LogP contribution in [0.2, 0.25) is 0 Å². The Balaban J connectivity index is 1.38. The molecule has 0 saturated carbocycles. The van der Waals surface area contributed by atoms with Crippen LogP contribution in [-0.4, -0.2) is 20.4 Å². The maximum Gasteiger partial charge on any atom is 0.255 e. The Hall–Kier alpha value is -2.97. The van der Waals surface area contributed by atoms with Gasteiger partial charge in [0.15, 0.2) is 0 Å². The molecule has 8 heteroatoms. The van der Waals surface area contributed by atoms with Crippen molar-refractivity contribution < 1.29 is 9.18 Å². The Morgan fingerprint density at radius 1 is 1.24 bits per heavy atom. The number of imidazole rings is 1. The number of nitrogens with zero attached hydrogens (tertiary/aromatic N) is 3. The van der Waals surface area contributed by atoms with E-state index in [-0.39, 0.29) is 5.91 Å². The number of carbonyl (C=O) groups is 1. The number of anilines is 1. The van der Waals surface area contributed by atoms with Crippen LogP contribution in [0.1, 0.15) is 21.1 Å². The van der Waals surface area contributed by atoms with E-state index < -0.39 is 5.82 Å². The molecule has 1 amide bonds. The zero-order chi connectivity index (χ0) is 20.2. The van der Waals surface area contributed by atoms with E-state index in [0.717, 1.165) is 21.3 Å². The van der Waals surface area contributed by atoms with Gasteiger partial charge in [-0.1, -0.05) is 0 Å². The summed E-state index contributed by atoms with van der Waals surface area (Å²) in [7, 11) is 0. The molecule has 0 radical (unpaired) electrons. The molecule has 0 saturated heterocycles. The highest BCUT2D eigenvalue weighted by Crippen LogP contribution is 2.24. The molecule has 146 valence electrons. The van der Waals surface area contributed by atoms with Crippen LogP contribution in [0.4, 0.5) is 10.1 Å². The number of amides is 1. The lowest BCUT2D eigenvalue weighted by Crippen LogP contribution is -2.12. The van der Waals surface area contributed by atoms with Crippen molar-refractivity contribution in [3.8, 4) is 5.69 Å². The van der Waals surface area contributed by atoms with Crippen molar-refractivity contribution in [2.24, 2.45) is 0 Å². The number of hydrogen-bond donors (Lipinski definition) is 1. The molecule has 29 heavy (non-hydrogen) atoms. The van der Waals surface area contributed by atoms with Crippen molar-refractivity contribution in [2.45, 2.75) is 17.6 Å². The summed E-state index contributed by atoms with van der Waals surface area (Å²) in [4.78, 5) is 21.9. The first kappa shape index (κ1) is 19.4. The van der Waals surface area contributed by atoms with Crippen LogP contribution in [0.5, 0.6) is 0 Å². The number of carbonyl (C=O) groups excluding carboxylic acids is 1. The fourth-order valence-electron chi connectivity index (χ4n) is 2.73. The molecule has 0 unspecified atom stereocenters. The molecule has 0 aliphatic carbocycles. The molecular formula is C21H17FN4OS2. The number of hydrogen-bond acceptors (Lipinski definition) is 5. The van der Waals surface area contributed by atoms with Gasteiger partial charge >= 0.3 is 0 Å². The predicted molar refractivity (Wildman–Crippen MR) is 114 cm³/mol. The summed E-state index contributed by atoms with van der Waals surface area (Å²) in [5, 5.41) is 5.85. The van der Waals surface area contributed by atoms with Crippen molar-refractivity contribution in [2.75, 3.05) is 5.32 Å². The largest absolute Gasteiger partial charge is 0.322 e. The Morgan fingerprint density at radius 2 is 2.07 bits per heavy atom. The minimum atomic E-state index is -0.440. The smallest absolute Gasteiger partial charge is 0.255 e. The van der Waals surface area contributed by atoms with Crippen LogP contribution in [0.25, 0.3) is 5.69 Å². The number of aryl methyl sites for hydroxylation is 1. The second-order valence-electron chi connectivity index (χ2n) is 6.26. The minimum absolute atomic E-state index is 0.286. The van der Waals surface area contributed by atoms with E-state index in [1.165, 1.54) is 12.4 Å². The second-order valence-corrected chi connectivity index (χ2v) is 8.37. The first-order chi connectivity index (χ1) is 14.1. The number of benzene rings is 2. The zero-order valence-corrected chi connectivity index (χ0v) is 17.1. The fraction of sp³-hybridized carbons (Fsp3) is 0.0952. The molecule has 2 aromatic carbocycles. The molecule has 2 aromatic heterocycles. The van der Waals surface area contributed by atoms with E-state index in [2.05, 4.69) is 20.7 Å². The maximum atomic E-state index is 14.3. The summed E-state index contributed by atoms with van der Waals surface area (Å²) in [6, 6.07) is 11.9.